The van der Waals surface area contributed by atoms with Gasteiger partial charge in [-0.1, -0.05) is 13.3 Å². The van der Waals surface area contributed by atoms with Gasteiger partial charge in [0.15, 0.2) is 0 Å². The highest BCUT2D eigenvalue weighted by Gasteiger charge is 2.41. The molecule has 2 unspecified atom stereocenters. The van der Waals surface area contributed by atoms with E-state index in [2.05, 4.69) is 24.2 Å². The third-order valence-corrected chi connectivity index (χ3v) is 4.30. The Bertz CT molecular complexity index is 226. The molecule has 1 saturated carbocycles. The average molecular weight is 258 g/mol. The van der Waals surface area contributed by atoms with E-state index in [1.54, 1.807) is 7.11 Å². The van der Waals surface area contributed by atoms with Gasteiger partial charge in [0, 0.05) is 19.2 Å². The molecule has 4 heteroatoms. The van der Waals surface area contributed by atoms with Crippen LogP contribution in [0.4, 0.5) is 0 Å². The number of likely N-dealkylation sites (N-methyl/N-ethyl adjacent to an activating group) is 2. The Morgan fingerprint density at radius 2 is 2.22 bits per heavy atom. The second-order valence-electron chi connectivity index (χ2n) is 5.52. The maximum Gasteiger partial charge on any atom is 0.0616 e. The molecule has 108 valence electrons. The maximum absolute atomic E-state index is 9.73. The summed E-state index contributed by atoms with van der Waals surface area (Å²) in [6, 6.07) is 0. The van der Waals surface area contributed by atoms with Gasteiger partial charge in [-0.15, -0.1) is 0 Å². The Morgan fingerprint density at radius 3 is 2.83 bits per heavy atom. The normalized spacial score (nSPS) is 28.2. The molecule has 1 fully saturated rings. The van der Waals surface area contributed by atoms with Crippen LogP contribution in [-0.4, -0.2) is 62.6 Å². The van der Waals surface area contributed by atoms with Gasteiger partial charge in [0.2, 0.25) is 0 Å². The quantitative estimate of drug-likeness (QED) is 0.650. The molecular formula is C14H30N2O2. The van der Waals surface area contributed by atoms with E-state index < -0.39 is 0 Å². The van der Waals surface area contributed by atoms with Gasteiger partial charge in [-0.2, -0.15) is 0 Å². The summed E-state index contributed by atoms with van der Waals surface area (Å²) in [5.74, 6) is 0.604. The van der Waals surface area contributed by atoms with Crippen LogP contribution in [-0.2, 0) is 4.74 Å². The van der Waals surface area contributed by atoms with E-state index in [1.165, 1.54) is 12.8 Å². The Hall–Kier alpha value is -0.160. The second kappa shape index (κ2) is 8.10. The van der Waals surface area contributed by atoms with Crippen molar-refractivity contribution in [2.45, 2.75) is 38.1 Å². The number of nitrogens with one attached hydrogen (secondary N) is 1. The van der Waals surface area contributed by atoms with E-state index in [0.717, 1.165) is 39.1 Å². The molecular weight excluding hydrogens is 228 g/mol. The number of rotatable bonds is 9. The molecule has 0 spiro atoms. The first-order valence-corrected chi connectivity index (χ1v) is 7.22. The topological polar surface area (TPSA) is 44.7 Å². The molecule has 0 heterocycles. The van der Waals surface area contributed by atoms with Crippen molar-refractivity contribution in [2.75, 3.05) is 47.0 Å². The smallest absolute Gasteiger partial charge is 0.0616 e. The molecule has 0 aromatic carbocycles. The summed E-state index contributed by atoms with van der Waals surface area (Å²) in [6.45, 7) is 6.19. The number of methoxy groups -OCH3 is 1. The Kier molecular flexibility index (Phi) is 7.15. The van der Waals surface area contributed by atoms with E-state index in [9.17, 15) is 5.11 Å². The molecule has 18 heavy (non-hydrogen) atoms. The van der Waals surface area contributed by atoms with Crippen LogP contribution in [0.1, 0.15) is 32.6 Å². The third-order valence-electron chi connectivity index (χ3n) is 4.30. The molecule has 2 N–H and O–H groups in total. The summed E-state index contributed by atoms with van der Waals surface area (Å²) >= 11 is 0. The van der Waals surface area contributed by atoms with Crippen molar-refractivity contribution >= 4 is 0 Å². The van der Waals surface area contributed by atoms with E-state index in [4.69, 9.17) is 4.74 Å². The van der Waals surface area contributed by atoms with Crippen molar-refractivity contribution in [3.8, 4) is 0 Å². The summed E-state index contributed by atoms with van der Waals surface area (Å²) in [4.78, 5) is 2.32. The van der Waals surface area contributed by atoms with E-state index in [0.29, 0.717) is 5.92 Å². The highest BCUT2D eigenvalue weighted by Crippen LogP contribution is 2.37. The van der Waals surface area contributed by atoms with Crippen molar-refractivity contribution in [1.29, 1.82) is 0 Å². The number of hydrogen-bond acceptors (Lipinski definition) is 4. The van der Waals surface area contributed by atoms with Crippen LogP contribution in [0.5, 0.6) is 0 Å². The molecule has 1 aliphatic carbocycles. The Morgan fingerprint density at radius 1 is 1.44 bits per heavy atom. The second-order valence-corrected chi connectivity index (χ2v) is 5.52. The van der Waals surface area contributed by atoms with E-state index in [-0.39, 0.29) is 12.1 Å². The van der Waals surface area contributed by atoms with Crippen molar-refractivity contribution in [3.63, 3.8) is 0 Å². The average Bonchev–Trinajstić information content (AvgIpc) is 2.78. The third kappa shape index (κ3) is 4.19. The summed E-state index contributed by atoms with van der Waals surface area (Å²) in [5.41, 5.74) is -0.0170. The van der Waals surface area contributed by atoms with Crippen LogP contribution in [0, 0.1) is 5.92 Å². The van der Waals surface area contributed by atoms with Crippen molar-refractivity contribution in [1.82, 2.24) is 10.2 Å². The fraction of sp³-hybridized carbons (Fsp3) is 1.00. The molecule has 0 aromatic rings. The lowest BCUT2D eigenvalue weighted by atomic mass is 9.85. The van der Waals surface area contributed by atoms with Crippen molar-refractivity contribution < 1.29 is 9.84 Å². The Labute approximate surface area is 112 Å². The van der Waals surface area contributed by atoms with Crippen molar-refractivity contribution in [3.05, 3.63) is 0 Å². The van der Waals surface area contributed by atoms with E-state index in [1.807, 2.05) is 0 Å². The number of hydrogen-bond donors (Lipinski definition) is 2. The molecule has 1 rings (SSSR count). The lowest BCUT2D eigenvalue weighted by molar-refractivity contribution is 0.110. The largest absolute Gasteiger partial charge is 0.394 e. The van der Waals surface area contributed by atoms with Crippen LogP contribution in [0.25, 0.3) is 0 Å². The highest BCUT2D eigenvalue weighted by molar-refractivity contribution is 4.98. The molecule has 1 aliphatic rings. The lowest BCUT2D eigenvalue weighted by Crippen LogP contribution is -2.51. The summed E-state index contributed by atoms with van der Waals surface area (Å²) in [7, 11) is 3.88. The SMILES string of the molecule is CCNC1(CO)CCCC1CCN(C)CCOC. The number of nitrogens with zero attached hydrogens (tertiary/aromatic N) is 1. The van der Waals surface area contributed by atoms with Gasteiger partial charge < -0.3 is 20.1 Å². The van der Waals surface area contributed by atoms with Gasteiger partial charge in [-0.05, 0) is 45.3 Å². The van der Waals surface area contributed by atoms with E-state index >= 15 is 0 Å². The van der Waals surface area contributed by atoms with Gasteiger partial charge in [0.05, 0.1) is 13.2 Å². The van der Waals surface area contributed by atoms with Gasteiger partial charge >= 0.3 is 0 Å². The van der Waals surface area contributed by atoms with Crippen LogP contribution in [0.2, 0.25) is 0 Å². The molecule has 0 aliphatic heterocycles. The van der Waals surface area contributed by atoms with Crippen LogP contribution in [0.15, 0.2) is 0 Å². The van der Waals surface area contributed by atoms with Crippen LogP contribution >= 0.6 is 0 Å². The summed E-state index contributed by atoms with van der Waals surface area (Å²) in [6.07, 6.45) is 4.75. The Balaban J connectivity index is 2.39. The van der Waals surface area contributed by atoms with Gasteiger partial charge in [-0.3, -0.25) is 0 Å². The predicted octanol–water partition coefficient (Wildman–Crippen LogP) is 1.10. The summed E-state index contributed by atoms with van der Waals surface area (Å²) in [5, 5.41) is 13.3. The minimum absolute atomic E-state index is 0.0170. The van der Waals surface area contributed by atoms with Crippen LogP contribution < -0.4 is 5.32 Å². The highest BCUT2D eigenvalue weighted by atomic mass is 16.5. The fourth-order valence-corrected chi connectivity index (χ4v) is 3.15. The number of aliphatic hydroxyl groups is 1. The first kappa shape index (κ1) is 15.9. The molecule has 4 nitrogen and oxygen atoms in total. The monoisotopic (exact) mass is 258 g/mol. The molecule has 0 saturated heterocycles. The standard InChI is InChI=1S/C14H30N2O2/c1-4-15-14(12-17)8-5-6-13(14)7-9-16(2)10-11-18-3/h13,15,17H,4-12H2,1-3H3. The fourth-order valence-electron chi connectivity index (χ4n) is 3.15. The minimum Gasteiger partial charge on any atom is -0.394 e. The molecule has 0 aromatic heterocycles. The minimum atomic E-state index is -0.0170. The summed E-state index contributed by atoms with van der Waals surface area (Å²) < 4.78 is 5.09. The van der Waals surface area contributed by atoms with Gasteiger partial charge in [0.25, 0.3) is 0 Å². The van der Waals surface area contributed by atoms with Crippen molar-refractivity contribution in [2.24, 2.45) is 5.92 Å². The van der Waals surface area contributed by atoms with Crippen LogP contribution in [0.3, 0.4) is 0 Å². The zero-order valence-corrected chi connectivity index (χ0v) is 12.2. The van der Waals surface area contributed by atoms with Gasteiger partial charge in [-0.25, -0.2) is 0 Å². The van der Waals surface area contributed by atoms with Gasteiger partial charge in [0.1, 0.15) is 0 Å². The molecule has 0 bridgehead atoms. The molecule has 0 amide bonds. The molecule has 0 radical (unpaired) electrons. The predicted molar refractivity (Wildman–Crippen MR) is 74.8 cm³/mol. The zero-order chi connectivity index (χ0) is 13.4. The number of aliphatic hydroxyl groups excluding tert-OH is 1. The number of ether oxygens (including phenoxy) is 1. The zero-order valence-electron chi connectivity index (χ0n) is 12.2. The maximum atomic E-state index is 9.73. The first-order valence-electron chi connectivity index (χ1n) is 7.22. The first-order chi connectivity index (χ1) is 8.68. The lowest BCUT2D eigenvalue weighted by Gasteiger charge is -2.35. The molecule has 2 atom stereocenters.